The van der Waals surface area contributed by atoms with Crippen LogP contribution >= 0.6 is 0 Å². The van der Waals surface area contributed by atoms with Crippen molar-refractivity contribution in [3.63, 3.8) is 0 Å². The lowest BCUT2D eigenvalue weighted by Gasteiger charge is -2.15. The second-order valence-electron chi connectivity index (χ2n) is 8.22. The number of aliphatic carboxylic acids is 1. The largest absolute Gasteiger partial charge is 0.480 e. The third kappa shape index (κ3) is 4.60. The Hall–Kier alpha value is -3.39. The highest BCUT2D eigenvalue weighted by molar-refractivity contribution is 5.86. The first-order valence-electron chi connectivity index (χ1n) is 10.7. The minimum absolute atomic E-state index is 0.0212. The van der Waals surface area contributed by atoms with Crippen LogP contribution < -0.4 is 10.6 Å². The maximum atomic E-state index is 12.2. The number of ether oxygens (including phenoxy) is 1. The Kier molecular flexibility index (Phi) is 6.41. The molecule has 3 atom stereocenters. The second-order valence-corrected chi connectivity index (χ2v) is 8.22. The zero-order valence-electron chi connectivity index (χ0n) is 17.5. The van der Waals surface area contributed by atoms with E-state index < -0.39 is 18.1 Å². The van der Waals surface area contributed by atoms with Crippen molar-refractivity contribution in [2.24, 2.45) is 11.8 Å². The molecule has 32 heavy (non-hydrogen) atoms. The predicted molar refractivity (Wildman–Crippen MR) is 116 cm³/mol. The summed E-state index contributed by atoms with van der Waals surface area (Å²) >= 11 is 0. The number of alkyl carbamates (subject to hydrolysis) is 1. The zero-order valence-corrected chi connectivity index (χ0v) is 17.5. The number of aliphatic hydroxyl groups is 1. The van der Waals surface area contributed by atoms with Crippen molar-refractivity contribution in [2.75, 3.05) is 19.8 Å². The lowest BCUT2D eigenvalue weighted by atomic mass is 9.98. The number of fused-ring (bicyclic) bond motifs is 3. The van der Waals surface area contributed by atoms with Gasteiger partial charge in [0.25, 0.3) is 0 Å². The highest BCUT2D eigenvalue weighted by Crippen LogP contribution is 2.44. The van der Waals surface area contributed by atoms with Gasteiger partial charge < -0.3 is 25.6 Å². The van der Waals surface area contributed by atoms with Crippen molar-refractivity contribution in [3.8, 4) is 11.1 Å². The summed E-state index contributed by atoms with van der Waals surface area (Å²) in [5.74, 6) is -1.97. The lowest BCUT2D eigenvalue weighted by molar-refractivity contribution is -0.142. The van der Waals surface area contributed by atoms with E-state index in [4.69, 9.17) is 14.9 Å². The molecule has 1 saturated carbocycles. The molecule has 2 aliphatic carbocycles. The monoisotopic (exact) mass is 438 g/mol. The van der Waals surface area contributed by atoms with Gasteiger partial charge in [-0.1, -0.05) is 48.5 Å². The number of hydrogen-bond donors (Lipinski definition) is 4. The molecule has 0 spiro atoms. The Morgan fingerprint density at radius 3 is 2.25 bits per heavy atom. The first-order chi connectivity index (χ1) is 15.5. The van der Waals surface area contributed by atoms with Crippen LogP contribution in [0.2, 0.25) is 0 Å². The molecule has 1 fully saturated rings. The molecule has 8 heteroatoms. The Morgan fingerprint density at radius 2 is 1.66 bits per heavy atom. The summed E-state index contributed by atoms with van der Waals surface area (Å²) in [5, 5.41) is 23.1. The average Bonchev–Trinajstić information content (AvgIpc) is 3.51. The number of amides is 2. The summed E-state index contributed by atoms with van der Waals surface area (Å²) < 4.78 is 5.49. The fourth-order valence-electron chi connectivity index (χ4n) is 4.32. The molecule has 2 amide bonds. The molecule has 0 aromatic heterocycles. The molecular weight excluding hydrogens is 412 g/mol. The summed E-state index contributed by atoms with van der Waals surface area (Å²) in [6.07, 6.45) is -0.0150. The standard InChI is InChI=1S/C24H26N2O6/c27-10-9-21(23(29)30)26-22(28)19-11-14(19)12-25-24(31)32-13-20-17-7-3-1-5-15(17)16-6-2-4-8-18(16)20/h1-8,14,19-21,27H,9-13H2,(H,25,31)(H,26,28)(H,29,30)/t14-,19-,21?/m1/s1. The van der Waals surface area contributed by atoms with Gasteiger partial charge in [-0.15, -0.1) is 0 Å². The van der Waals surface area contributed by atoms with Crippen molar-refractivity contribution in [1.29, 1.82) is 0 Å². The van der Waals surface area contributed by atoms with Gasteiger partial charge in [0, 0.05) is 31.4 Å². The minimum Gasteiger partial charge on any atom is -0.480 e. The minimum atomic E-state index is -1.18. The van der Waals surface area contributed by atoms with Gasteiger partial charge in [-0.05, 0) is 34.6 Å². The maximum Gasteiger partial charge on any atom is 0.407 e. The molecule has 0 saturated heterocycles. The van der Waals surface area contributed by atoms with Crippen molar-refractivity contribution in [3.05, 3.63) is 59.7 Å². The summed E-state index contributed by atoms with van der Waals surface area (Å²) in [5.41, 5.74) is 4.59. The van der Waals surface area contributed by atoms with Crippen LogP contribution in [0.1, 0.15) is 29.9 Å². The van der Waals surface area contributed by atoms with Crippen LogP contribution in [-0.4, -0.2) is 54.0 Å². The van der Waals surface area contributed by atoms with Crippen molar-refractivity contribution in [1.82, 2.24) is 10.6 Å². The van der Waals surface area contributed by atoms with E-state index in [1.54, 1.807) is 0 Å². The summed E-state index contributed by atoms with van der Waals surface area (Å²) in [7, 11) is 0. The Labute approximate surface area is 185 Å². The van der Waals surface area contributed by atoms with Gasteiger partial charge >= 0.3 is 12.1 Å². The molecule has 2 aromatic carbocycles. The van der Waals surface area contributed by atoms with Crippen LogP contribution in [0, 0.1) is 11.8 Å². The van der Waals surface area contributed by atoms with Crippen molar-refractivity contribution < 1.29 is 29.3 Å². The molecule has 2 aromatic rings. The SMILES string of the molecule is O=C(NC[C@H]1C[C@H]1C(=O)NC(CCO)C(=O)O)OCC1c2ccccc2-c2ccccc21. The Bertz CT molecular complexity index is 978. The fraction of sp³-hybridized carbons (Fsp3) is 0.375. The van der Waals surface area contributed by atoms with Gasteiger partial charge in [-0.3, -0.25) is 4.79 Å². The first kappa shape index (κ1) is 21.8. The molecule has 0 heterocycles. The molecule has 0 aliphatic heterocycles. The molecular formula is C24H26N2O6. The molecule has 0 bridgehead atoms. The van der Waals surface area contributed by atoms with E-state index >= 15 is 0 Å². The summed E-state index contributed by atoms with van der Waals surface area (Å²) in [6.45, 7) is 0.178. The van der Waals surface area contributed by atoms with Crippen molar-refractivity contribution in [2.45, 2.75) is 24.8 Å². The van der Waals surface area contributed by atoms with E-state index in [-0.39, 0.29) is 49.8 Å². The Balaban J connectivity index is 1.25. The normalized spacial score (nSPS) is 19.4. The second kappa shape index (κ2) is 9.40. The number of carbonyl (C=O) groups is 3. The number of rotatable bonds is 9. The topological polar surface area (TPSA) is 125 Å². The van der Waals surface area contributed by atoms with E-state index in [1.165, 1.54) is 0 Å². The van der Waals surface area contributed by atoms with Crippen LogP contribution in [0.25, 0.3) is 11.1 Å². The molecule has 4 N–H and O–H groups in total. The highest BCUT2D eigenvalue weighted by atomic mass is 16.5. The van der Waals surface area contributed by atoms with E-state index in [1.807, 2.05) is 24.3 Å². The predicted octanol–water partition coefficient (Wildman–Crippen LogP) is 2.11. The van der Waals surface area contributed by atoms with Gasteiger partial charge in [-0.25, -0.2) is 9.59 Å². The van der Waals surface area contributed by atoms with Gasteiger partial charge in [0.05, 0.1) is 0 Å². The summed E-state index contributed by atoms with van der Waals surface area (Å²) in [4.78, 5) is 35.5. The molecule has 8 nitrogen and oxygen atoms in total. The molecule has 1 unspecified atom stereocenters. The van der Waals surface area contributed by atoms with Crippen LogP contribution in [0.5, 0.6) is 0 Å². The Morgan fingerprint density at radius 1 is 1.03 bits per heavy atom. The number of benzene rings is 2. The van der Waals surface area contributed by atoms with Gasteiger partial charge in [0.1, 0.15) is 12.6 Å². The van der Waals surface area contributed by atoms with Crippen LogP contribution in [0.4, 0.5) is 4.79 Å². The van der Waals surface area contributed by atoms with Gasteiger partial charge in [-0.2, -0.15) is 0 Å². The fourth-order valence-corrected chi connectivity index (χ4v) is 4.32. The molecule has 4 rings (SSSR count). The maximum absolute atomic E-state index is 12.2. The number of carboxylic acids is 1. The molecule has 168 valence electrons. The van der Waals surface area contributed by atoms with Gasteiger partial charge in [0.15, 0.2) is 0 Å². The average molecular weight is 438 g/mol. The van der Waals surface area contributed by atoms with Crippen LogP contribution in [-0.2, 0) is 14.3 Å². The van der Waals surface area contributed by atoms with E-state index in [0.717, 1.165) is 22.3 Å². The van der Waals surface area contributed by atoms with Gasteiger partial charge in [0.2, 0.25) is 5.91 Å². The van der Waals surface area contributed by atoms with E-state index in [2.05, 4.69) is 34.9 Å². The smallest absolute Gasteiger partial charge is 0.407 e. The summed E-state index contributed by atoms with van der Waals surface area (Å²) in [6, 6.07) is 15.1. The highest BCUT2D eigenvalue weighted by Gasteiger charge is 2.44. The van der Waals surface area contributed by atoms with Crippen LogP contribution in [0.15, 0.2) is 48.5 Å². The molecule has 0 radical (unpaired) electrons. The number of hydrogen-bond acceptors (Lipinski definition) is 5. The number of carbonyl (C=O) groups excluding carboxylic acids is 2. The number of aliphatic hydroxyl groups excluding tert-OH is 1. The number of carboxylic acid groups (broad SMARTS) is 1. The molecule has 2 aliphatic rings. The third-order valence-electron chi connectivity index (χ3n) is 6.14. The number of nitrogens with one attached hydrogen (secondary N) is 2. The van der Waals surface area contributed by atoms with Crippen molar-refractivity contribution >= 4 is 18.0 Å². The lowest BCUT2D eigenvalue weighted by Crippen LogP contribution is -2.42. The van der Waals surface area contributed by atoms with Crippen LogP contribution in [0.3, 0.4) is 0 Å². The van der Waals surface area contributed by atoms with E-state index in [9.17, 15) is 14.4 Å². The van der Waals surface area contributed by atoms with E-state index in [0.29, 0.717) is 6.42 Å². The third-order valence-corrected chi connectivity index (χ3v) is 6.14. The quantitative estimate of drug-likeness (QED) is 0.475. The first-order valence-corrected chi connectivity index (χ1v) is 10.7. The zero-order chi connectivity index (χ0) is 22.7.